The minimum atomic E-state index is -3.38. The number of aromatic nitrogens is 1. The van der Waals surface area contributed by atoms with Crippen molar-refractivity contribution in [1.82, 2.24) is 20.1 Å². The number of sulfonamides is 1. The molecule has 12 heteroatoms. The molecule has 9 nitrogen and oxygen atoms in total. The molecule has 2 bridgehead atoms. The maximum Gasteiger partial charge on any atom is 0.273 e. The first-order valence-corrected chi connectivity index (χ1v) is 16.2. The third-order valence-electron chi connectivity index (χ3n) is 9.58. The topological polar surface area (TPSA) is 114 Å². The van der Waals surface area contributed by atoms with Gasteiger partial charge in [-0.3, -0.25) is 4.79 Å². The number of halogens is 2. The van der Waals surface area contributed by atoms with Gasteiger partial charge in [-0.2, -0.15) is 4.31 Å². The van der Waals surface area contributed by atoms with Crippen LogP contribution in [0.2, 0.25) is 0 Å². The SMILES string of the molecule is O=C(NC1CC2CC[C@@H](C1)N2S(=O)(=O)CC1CCC(CNCC2CC(F)(F)C2)CC1)c1cc(C2COC2)on1. The molecule has 3 saturated heterocycles. The zero-order valence-corrected chi connectivity index (χ0v) is 23.1. The Balaban J connectivity index is 0.944. The summed E-state index contributed by atoms with van der Waals surface area (Å²) >= 11 is 0. The van der Waals surface area contributed by atoms with Gasteiger partial charge < -0.3 is 19.9 Å². The first-order chi connectivity index (χ1) is 18.6. The molecule has 39 heavy (non-hydrogen) atoms. The van der Waals surface area contributed by atoms with Gasteiger partial charge in [0.15, 0.2) is 5.69 Å². The molecule has 0 spiro atoms. The van der Waals surface area contributed by atoms with E-state index in [9.17, 15) is 22.0 Å². The molecule has 1 aromatic heterocycles. The lowest BCUT2D eigenvalue weighted by Crippen LogP contribution is -2.53. The van der Waals surface area contributed by atoms with E-state index in [-0.39, 0.29) is 66.1 Å². The van der Waals surface area contributed by atoms with Gasteiger partial charge in [-0.25, -0.2) is 17.2 Å². The number of amides is 1. The molecule has 4 heterocycles. The van der Waals surface area contributed by atoms with Gasteiger partial charge in [-0.1, -0.05) is 5.16 Å². The zero-order chi connectivity index (χ0) is 27.2. The van der Waals surface area contributed by atoms with Gasteiger partial charge in [0.05, 0.1) is 24.9 Å². The summed E-state index contributed by atoms with van der Waals surface area (Å²) < 4.78 is 65.3. The van der Waals surface area contributed by atoms with Gasteiger partial charge in [0.25, 0.3) is 5.91 Å². The fraction of sp³-hybridized carbons (Fsp3) is 0.852. The van der Waals surface area contributed by atoms with Gasteiger partial charge in [-0.05, 0) is 82.2 Å². The van der Waals surface area contributed by atoms with Crippen LogP contribution in [0.5, 0.6) is 0 Å². The maximum absolute atomic E-state index is 13.5. The number of hydrogen-bond acceptors (Lipinski definition) is 7. The Kier molecular flexibility index (Phi) is 7.75. The van der Waals surface area contributed by atoms with Gasteiger partial charge in [-0.15, -0.1) is 0 Å². The highest BCUT2D eigenvalue weighted by molar-refractivity contribution is 7.89. The van der Waals surface area contributed by atoms with Crippen molar-refractivity contribution in [1.29, 1.82) is 0 Å². The Morgan fingerprint density at radius 3 is 2.26 bits per heavy atom. The number of carbonyl (C=O) groups is 1. The molecule has 0 radical (unpaired) electrons. The van der Waals surface area contributed by atoms with Crippen LogP contribution < -0.4 is 10.6 Å². The lowest BCUT2D eigenvalue weighted by molar-refractivity contribution is -0.109. The minimum absolute atomic E-state index is 0.00475. The monoisotopic (exact) mass is 570 g/mol. The Hall–Kier alpha value is -1.63. The summed E-state index contributed by atoms with van der Waals surface area (Å²) in [5, 5.41) is 10.3. The van der Waals surface area contributed by atoms with Crippen LogP contribution in [0.4, 0.5) is 8.78 Å². The molecule has 2 unspecified atom stereocenters. The van der Waals surface area contributed by atoms with E-state index >= 15 is 0 Å². The third-order valence-corrected chi connectivity index (χ3v) is 11.7. The molecule has 5 fully saturated rings. The first kappa shape index (κ1) is 27.5. The minimum Gasteiger partial charge on any atom is -0.380 e. The Bertz CT molecular complexity index is 1110. The van der Waals surface area contributed by atoms with Gasteiger partial charge >= 0.3 is 0 Å². The quantitative estimate of drug-likeness (QED) is 0.444. The highest BCUT2D eigenvalue weighted by Gasteiger charge is 2.48. The molecular weight excluding hydrogens is 530 g/mol. The number of nitrogens with zero attached hydrogens (tertiary/aromatic N) is 2. The molecule has 5 aliphatic rings. The summed E-state index contributed by atoms with van der Waals surface area (Å²) in [6, 6.07) is 1.46. The largest absolute Gasteiger partial charge is 0.380 e. The molecule has 0 aromatic carbocycles. The molecule has 3 atom stereocenters. The molecule has 1 amide bonds. The summed E-state index contributed by atoms with van der Waals surface area (Å²) in [5.74, 6) is -0.991. The van der Waals surface area contributed by atoms with Crippen molar-refractivity contribution in [2.24, 2.45) is 17.8 Å². The van der Waals surface area contributed by atoms with Crippen molar-refractivity contribution in [3.8, 4) is 0 Å². The summed E-state index contributed by atoms with van der Waals surface area (Å²) in [4.78, 5) is 12.8. The predicted molar refractivity (Wildman–Crippen MR) is 139 cm³/mol. The number of rotatable bonds is 10. The van der Waals surface area contributed by atoms with Crippen LogP contribution in [-0.4, -0.2) is 79.9 Å². The van der Waals surface area contributed by atoms with Crippen LogP contribution in [0, 0.1) is 17.8 Å². The molecule has 2 N–H and O–H groups in total. The number of piperidine rings is 1. The summed E-state index contributed by atoms with van der Waals surface area (Å²) in [6.07, 6.45) is 6.63. The normalized spacial score (nSPS) is 33.4. The number of nitrogens with one attached hydrogen (secondary N) is 2. The summed E-state index contributed by atoms with van der Waals surface area (Å²) in [5.41, 5.74) is 0.259. The zero-order valence-electron chi connectivity index (χ0n) is 22.3. The van der Waals surface area contributed by atoms with Gasteiger partial charge in [0.2, 0.25) is 15.9 Å². The van der Waals surface area contributed by atoms with Crippen molar-refractivity contribution in [2.45, 2.75) is 94.2 Å². The van der Waals surface area contributed by atoms with Crippen LogP contribution in [0.1, 0.15) is 86.4 Å². The van der Waals surface area contributed by atoms with E-state index in [1.807, 2.05) is 0 Å². The molecule has 3 aliphatic heterocycles. The molecule has 2 aliphatic carbocycles. The van der Waals surface area contributed by atoms with E-state index in [1.54, 1.807) is 10.4 Å². The van der Waals surface area contributed by atoms with Crippen molar-refractivity contribution in [3.63, 3.8) is 0 Å². The second kappa shape index (κ2) is 11.0. The van der Waals surface area contributed by atoms with E-state index in [2.05, 4.69) is 15.8 Å². The van der Waals surface area contributed by atoms with E-state index in [4.69, 9.17) is 9.26 Å². The van der Waals surface area contributed by atoms with Crippen LogP contribution in [-0.2, 0) is 14.8 Å². The second-order valence-corrected chi connectivity index (χ2v) is 14.6. The lowest BCUT2D eigenvalue weighted by Gasteiger charge is -2.39. The highest BCUT2D eigenvalue weighted by atomic mass is 32.2. The highest BCUT2D eigenvalue weighted by Crippen LogP contribution is 2.42. The average Bonchev–Trinajstić information content (AvgIpc) is 3.41. The lowest BCUT2D eigenvalue weighted by atomic mass is 9.80. The second-order valence-electron chi connectivity index (χ2n) is 12.7. The number of hydrogen-bond donors (Lipinski definition) is 2. The van der Waals surface area contributed by atoms with Crippen LogP contribution in [0.25, 0.3) is 0 Å². The van der Waals surface area contributed by atoms with E-state index < -0.39 is 15.9 Å². The Labute approximate surface area is 228 Å². The van der Waals surface area contributed by atoms with Gasteiger partial charge in [0.1, 0.15) is 5.76 Å². The summed E-state index contributed by atoms with van der Waals surface area (Å²) in [7, 11) is -3.38. The Morgan fingerprint density at radius 1 is 1.00 bits per heavy atom. The number of fused-ring (bicyclic) bond motifs is 2. The number of carbonyl (C=O) groups excluding carboxylic acids is 1. The fourth-order valence-electron chi connectivity index (χ4n) is 7.36. The van der Waals surface area contributed by atoms with Crippen LogP contribution in [0.15, 0.2) is 10.6 Å². The maximum atomic E-state index is 13.5. The average molecular weight is 571 g/mol. The van der Waals surface area contributed by atoms with E-state index in [0.29, 0.717) is 44.3 Å². The van der Waals surface area contributed by atoms with E-state index in [1.165, 1.54) is 0 Å². The van der Waals surface area contributed by atoms with Crippen molar-refractivity contribution in [3.05, 3.63) is 17.5 Å². The van der Waals surface area contributed by atoms with Crippen molar-refractivity contribution < 1.29 is 31.3 Å². The van der Waals surface area contributed by atoms with Crippen molar-refractivity contribution >= 4 is 15.9 Å². The summed E-state index contributed by atoms with van der Waals surface area (Å²) in [6.45, 7) is 2.64. The molecule has 218 valence electrons. The van der Waals surface area contributed by atoms with E-state index in [0.717, 1.165) is 45.1 Å². The predicted octanol–water partition coefficient (Wildman–Crippen LogP) is 3.28. The van der Waals surface area contributed by atoms with Crippen molar-refractivity contribution in [2.75, 3.05) is 32.1 Å². The first-order valence-electron chi connectivity index (χ1n) is 14.6. The molecule has 2 saturated carbocycles. The molecular formula is C27H40F2N4O5S. The Morgan fingerprint density at radius 2 is 1.64 bits per heavy atom. The smallest absolute Gasteiger partial charge is 0.273 e. The number of alkyl halides is 2. The van der Waals surface area contributed by atoms with Gasteiger partial charge in [0, 0.05) is 37.0 Å². The number of ether oxygens (including phenoxy) is 1. The molecule has 6 rings (SSSR count). The van der Waals surface area contributed by atoms with Crippen LogP contribution >= 0.6 is 0 Å². The van der Waals surface area contributed by atoms with Crippen LogP contribution in [0.3, 0.4) is 0 Å². The third kappa shape index (κ3) is 6.18. The standard InChI is InChI=1S/C27H40F2N4O5S/c28-27(29)10-19(11-27)13-30-12-17-1-3-18(4-2-17)16-39(35,36)33-22-5-6-23(33)8-21(7-22)31-26(34)24-9-25(38-32-24)20-14-37-15-20/h9,17-23,30H,1-8,10-16H2,(H,31,34)/t17?,18?,21?,22-,23?/m0/s1. The molecule has 1 aromatic rings. The fourth-order valence-corrected chi connectivity index (χ4v) is 9.75.